The fraction of sp³-hybridized carbons (Fsp3) is 0.846. The highest BCUT2D eigenvalue weighted by atomic mass is 32.2. The Balaban J connectivity index is 1.82. The van der Waals surface area contributed by atoms with E-state index in [0.717, 1.165) is 24.4 Å². The summed E-state index contributed by atoms with van der Waals surface area (Å²) in [4.78, 5) is 4.33. The van der Waals surface area contributed by atoms with Crippen molar-refractivity contribution in [3.8, 4) is 0 Å². The molecule has 0 bridgehead atoms. The van der Waals surface area contributed by atoms with Crippen molar-refractivity contribution in [3.05, 3.63) is 11.7 Å². The third kappa shape index (κ3) is 3.99. The quantitative estimate of drug-likeness (QED) is 0.861. The Morgan fingerprint density at radius 3 is 2.78 bits per heavy atom. The fourth-order valence-electron chi connectivity index (χ4n) is 2.36. The van der Waals surface area contributed by atoms with Gasteiger partial charge in [-0.05, 0) is 24.0 Å². The second-order valence-corrected chi connectivity index (χ2v) is 6.84. The smallest absolute Gasteiger partial charge is 0.229 e. The lowest BCUT2D eigenvalue weighted by Crippen LogP contribution is -2.20. The minimum absolute atomic E-state index is 0.321. The lowest BCUT2D eigenvalue weighted by Gasteiger charge is -2.14. The van der Waals surface area contributed by atoms with Crippen LogP contribution < -0.4 is 0 Å². The average Bonchev–Trinajstić information content (AvgIpc) is 2.97. The lowest BCUT2D eigenvalue weighted by atomic mass is 9.98. The predicted molar refractivity (Wildman–Crippen MR) is 72.4 cm³/mol. The molecule has 0 saturated heterocycles. The van der Waals surface area contributed by atoms with E-state index in [1.807, 2.05) is 0 Å². The van der Waals surface area contributed by atoms with Crippen LogP contribution in [0, 0.1) is 5.92 Å². The van der Waals surface area contributed by atoms with Gasteiger partial charge in [-0.2, -0.15) is 16.7 Å². The maximum Gasteiger partial charge on any atom is 0.229 e. The fourth-order valence-corrected chi connectivity index (χ4v) is 2.96. The first-order chi connectivity index (χ1) is 8.65. The number of nitrogens with zero attached hydrogens (tertiary/aromatic N) is 2. The van der Waals surface area contributed by atoms with Crippen LogP contribution in [0.4, 0.5) is 0 Å². The molecule has 1 heterocycles. The van der Waals surface area contributed by atoms with E-state index in [1.165, 1.54) is 12.8 Å². The third-order valence-electron chi connectivity index (χ3n) is 3.38. The number of aromatic nitrogens is 2. The van der Waals surface area contributed by atoms with Gasteiger partial charge in [0.05, 0.1) is 18.3 Å². The van der Waals surface area contributed by atoms with Crippen LogP contribution in [0.2, 0.25) is 0 Å². The molecule has 102 valence electrons. The minimum Gasteiger partial charge on any atom is -0.392 e. The van der Waals surface area contributed by atoms with Crippen molar-refractivity contribution in [2.75, 3.05) is 0 Å². The van der Waals surface area contributed by atoms with Gasteiger partial charge >= 0.3 is 0 Å². The molecule has 4 nitrogen and oxygen atoms in total. The molecule has 1 unspecified atom stereocenters. The van der Waals surface area contributed by atoms with E-state index in [1.54, 1.807) is 11.8 Å². The first kappa shape index (κ1) is 13.9. The second kappa shape index (κ2) is 6.57. The van der Waals surface area contributed by atoms with Crippen molar-refractivity contribution >= 4 is 11.8 Å². The SMILES string of the molecule is CC(C)SCc1noc(CC(O)C2CCCC2)n1. The highest BCUT2D eigenvalue weighted by Gasteiger charge is 2.25. The summed E-state index contributed by atoms with van der Waals surface area (Å²) >= 11 is 1.79. The number of aliphatic hydroxyl groups is 1. The maximum atomic E-state index is 10.1. The van der Waals surface area contributed by atoms with Gasteiger partial charge in [-0.1, -0.05) is 31.8 Å². The molecule has 0 aromatic carbocycles. The van der Waals surface area contributed by atoms with Gasteiger partial charge < -0.3 is 9.63 Å². The molecule has 2 rings (SSSR count). The Bertz CT molecular complexity index is 362. The summed E-state index contributed by atoms with van der Waals surface area (Å²) in [7, 11) is 0. The topological polar surface area (TPSA) is 59.2 Å². The predicted octanol–water partition coefficient (Wildman–Crippen LogP) is 2.80. The second-order valence-electron chi connectivity index (χ2n) is 5.28. The summed E-state index contributed by atoms with van der Waals surface area (Å²) in [6.07, 6.45) is 4.92. The summed E-state index contributed by atoms with van der Waals surface area (Å²) < 4.78 is 5.19. The summed E-state index contributed by atoms with van der Waals surface area (Å²) in [6.45, 7) is 4.30. The molecule has 5 heteroatoms. The molecule has 1 aliphatic rings. The van der Waals surface area contributed by atoms with E-state index in [-0.39, 0.29) is 6.10 Å². The average molecular weight is 270 g/mol. The summed E-state index contributed by atoms with van der Waals surface area (Å²) in [5.41, 5.74) is 0. The summed E-state index contributed by atoms with van der Waals surface area (Å²) in [5.74, 6) is 2.52. The van der Waals surface area contributed by atoms with Crippen molar-refractivity contribution in [1.82, 2.24) is 10.1 Å². The molecule has 0 aliphatic heterocycles. The van der Waals surface area contributed by atoms with Gasteiger partial charge in [0.1, 0.15) is 0 Å². The van der Waals surface area contributed by atoms with Crippen molar-refractivity contribution in [2.24, 2.45) is 5.92 Å². The van der Waals surface area contributed by atoms with Crippen molar-refractivity contribution in [2.45, 2.75) is 63.1 Å². The normalized spacial score (nSPS) is 18.7. The van der Waals surface area contributed by atoms with Crippen LogP contribution >= 0.6 is 11.8 Å². The molecule has 1 N–H and O–H groups in total. The largest absolute Gasteiger partial charge is 0.392 e. The number of rotatable bonds is 6. The van der Waals surface area contributed by atoms with Gasteiger partial charge in [0, 0.05) is 0 Å². The van der Waals surface area contributed by atoms with E-state index >= 15 is 0 Å². The zero-order valence-electron chi connectivity index (χ0n) is 11.1. The van der Waals surface area contributed by atoms with Crippen LogP contribution in [0.15, 0.2) is 4.52 Å². The van der Waals surface area contributed by atoms with Crippen LogP contribution in [0.3, 0.4) is 0 Å². The van der Waals surface area contributed by atoms with E-state index in [4.69, 9.17) is 4.52 Å². The van der Waals surface area contributed by atoms with Gasteiger partial charge in [0.2, 0.25) is 5.89 Å². The molecule has 1 aromatic rings. The third-order valence-corrected chi connectivity index (χ3v) is 4.48. The zero-order valence-corrected chi connectivity index (χ0v) is 11.9. The first-order valence-corrected chi connectivity index (χ1v) is 7.81. The molecule has 1 aromatic heterocycles. The van der Waals surface area contributed by atoms with Crippen LogP contribution in [-0.2, 0) is 12.2 Å². The number of aliphatic hydroxyl groups excluding tert-OH is 1. The molecule has 0 amide bonds. The van der Waals surface area contributed by atoms with Crippen molar-refractivity contribution in [1.29, 1.82) is 0 Å². The molecule has 1 fully saturated rings. The summed E-state index contributed by atoms with van der Waals surface area (Å²) in [5, 5.41) is 14.6. The zero-order chi connectivity index (χ0) is 13.0. The van der Waals surface area contributed by atoms with Gasteiger partial charge in [0.15, 0.2) is 5.82 Å². The van der Waals surface area contributed by atoms with Crippen molar-refractivity contribution < 1.29 is 9.63 Å². The van der Waals surface area contributed by atoms with Gasteiger partial charge in [-0.25, -0.2) is 0 Å². The first-order valence-electron chi connectivity index (χ1n) is 6.76. The molecule has 1 saturated carbocycles. The highest BCUT2D eigenvalue weighted by molar-refractivity contribution is 7.99. The van der Waals surface area contributed by atoms with Crippen LogP contribution in [0.25, 0.3) is 0 Å². The minimum atomic E-state index is -0.321. The monoisotopic (exact) mass is 270 g/mol. The van der Waals surface area contributed by atoms with Crippen LogP contribution in [0.5, 0.6) is 0 Å². The van der Waals surface area contributed by atoms with E-state index in [2.05, 4.69) is 24.0 Å². The number of thioether (sulfide) groups is 1. The number of hydrogen-bond acceptors (Lipinski definition) is 5. The Labute approximate surface area is 113 Å². The highest BCUT2D eigenvalue weighted by Crippen LogP contribution is 2.29. The van der Waals surface area contributed by atoms with E-state index < -0.39 is 0 Å². The van der Waals surface area contributed by atoms with Crippen LogP contribution in [-0.4, -0.2) is 26.6 Å². The Morgan fingerprint density at radius 2 is 2.11 bits per heavy atom. The maximum absolute atomic E-state index is 10.1. The van der Waals surface area contributed by atoms with Gasteiger partial charge in [-0.3, -0.25) is 0 Å². The lowest BCUT2D eigenvalue weighted by molar-refractivity contribution is 0.102. The Hall–Kier alpha value is -0.550. The molecular weight excluding hydrogens is 248 g/mol. The molecule has 18 heavy (non-hydrogen) atoms. The van der Waals surface area contributed by atoms with Gasteiger partial charge in [0.25, 0.3) is 0 Å². The molecule has 1 atom stereocenters. The molecule has 0 spiro atoms. The Morgan fingerprint density at radius 1 is 1.39 bits per heavy atom. The van der Waals surface area contributed by atoms with Crippen LogP contribution in [0.1, 0.15) is 51.2 Å². The molecule has 0 radical (unpaired) electrons. The van der Waals surface area contributed by atoms with E-state index in [9.17, 15) is 5.11 Å². The van der Waals surface area contributed by atoms with Crippen molar-refractivity contribution in [3.63, 3.8) is 0 Å². The number of hydrogen-bond donors (Lipinski definition) is 1. The molecule has 1 aliphatic carbocycles. The van der Waals surface area contributed by atoms with E-state index in [0.29, 0.717) is 23.5 Å². The van der Waals surface area contributed by atoms with Gasteiger partial charge in [-0.15, -0.1) is 0 Å². The standard InChI is InChI=1S/C13H22N2O2S/c1-9(2)18-8-12-14-13(17-15-12)7-11(16)10-5-3-4-6-10/h9-11,16H,3-8H2,1-2H3. The summed E-state index contributed by atoms with van der Waals surface area (Å²) in [6, 6.07) is 0. The Kier molecular flexibility index (Phi) is 5.06. The molecular formula is C13H22N2O2S.